The lowest BCUT2D eigenvalue weighted by Crippen LogP contribution is -1.90. The molecule has 0 aliphatic heterocycles. The van der Waals surface area contributed by atoms with Gasteiger partial charge in [-0.1, -0.05) is 0 Å². The van der Waals surface area contributed by atoms with Gasteiger partial charge >= 0.3 is 0 Å². The molecule has 0 aliphatic carbocycles. The summed E-state index contributed by atoms with van der Waals surface area (Å²) < 4.78 is 11.2. The monoisotopic (exact) mass is 280 g/mol. The van der Waals surface area contributed by atoms with Crippen LogP contribution < -0.4 is 14.8 Å². The zero-order valence-electron chi connectivity index (χ0n) is 12.0. The fraction of sp³-hybridized carbons (Fsp3) is 0.118. The number of aromatic nitrogens is 1. The van der Waals surface area contributed by atoms with E-state index in [1.54, 1.807) is 13.3 Å². The molecule has 4 heteroatoms. The number of pyridine rings is 1. The number of hydrogen-bond acceptors (Lipinski definition) is 4. The van der Waals surface area contributed by atoms with E-state index in [4.69, 9.17) is 9.47 Å². The van der Waals surface area contributed by atoms with Gasteiger partial charge in [0.2, 0.25) is 0 Å². The first kappa shape index (κ1) is 13.2. The average molecular weight is 280 g/mol. The van der Waals surface area contributed by atoms with Gasteiger partial charge in [0.05, 0.1) is 12.6 Å². The van der Waals surface area contributed by atoms with Crippen LogP contribution >= 0.6 is 0 Å². The van der Waals surface area contributed by atoms with Gasteiger partial charge in [-0.05, 0) is 42.5 Å². The molecule has 0 unspecified atom stereocenters. The molecule has 3 rings (SSSR count). The lowest BCUT2D eigenvalue weighted by atomic mass is 10.2. The highest BCUT2D eigenvalue weighted by molar-refractivity contribution is 5.86. The van der Waals surface area contributed by atoms with Crippen LogP contribution in [0.4, 0.5) is 5.69 Å². The molecule has 1 aromatic heterocycles. The zero-order chi connectivity index (χ0) is 14.7. The number of nitrogens with zero attached hydrogens (tertiary/aromatic N) is 1. The topological polar surface area (TPSA) is 43.4 Å². The molecule has 0 radical (unpaired) electrons. The molecule has 1 N–H and O–H groups in total. The SMILES string of the molecule is CNc1ccc(Oc2ccnc3cc(OC)ccc23)cc1. The first-order chi connectivity index (χ1) is 10.3. The van der Waals surface area contributed by atoms with E-state index < -0.39 is 0 Å². The minimum Gasteiger partial charge on any atom is -0.497 e. The van der Waals surface area contributed by atoms with E-state index in [1.165, 1.54) is 0 Å². The summed E-state index contributed by atoms with van der Waals surface area (Å²) in [6.07, 6.45) is 1.74. The quantitative estimate of drug-likeness (QED) is 0.782. The Kier molecular flexibility index (Phi) is 3.60. The van der Waals surface area contributed by atoms with Crippen LogP contribution in [-0.2, 0) is 0 Å². The second-order valence-corrected chi connectivity index (χ2v) is 4.57. The molecule has 0 saturated carbocycles. The molecule has 2 aromatic carbocycles. The Labute approximate surface area is 123 Å². The van der Waals surface area contributed by atoms with Gasteiger partial charge in [0.25, 0.3) is 0 Å². The van der Waals surface area contributed by atoms with Gasteiger partial charge < -0.3 is 14.8 Å². The van der Waals surface area contributed by atoms with Crippen LogP contribution in [0.15, 0.2) is 54.7 Å². The van der Waals surface area contributed by atoms with Crippen molar-refractivity contribution in [2.75, 3.05) is 19.5 Å². The Morgan fingerprint density at radius 3 is 2.43 bits per heavy atom. The van der Waals surface area contributed by atoms with Gasteiger partial charge in [-0.2, -0.15) is 0 Å². The molecule has 0 amide bonds. The fourth-order valence-corrected chi connectivity index (χ4v) is 2.13. The van der Waals surface area contributed by atoms with Crippen LogP contribution in [0, 0.1) is 0 Å². The Morgan fingerprint density at radius 2 is 1.71 bits per heavy atom. The van der Waals surface area contributed by atoms with E-state index in [0.29, 0.717) is 0 Å². The highest BCUT2D eigenvalue weighted by Gasteiger charge is 2.05. The first-order valence-corrected chi connectivity index (χ1v) is 6.68. The van der Waals surface area contributed by atoms with E-state index >= 15 is 0 Å². The standard InChI is InChI=1S/C17H16N2O2/c1-18-12-3-5-13(6-4-12)21-17-9-10-19-16-11-14(20-2)7-8-15(16)17/h3-11,18H,1-2H3. The molecule has 0 spiro atoms. The smallest absolute Gasteiger partial charge is 0.138 e. The minimum absolute atomic E-state index is 0.778. The predicted molar refractivity (Wildman–Crippen MR) is 84.4 cm³/mol. The molecular weight excluding hydrogens is 264 g/mol. The van der Waals surface area contributed by atoms with Crippen molar-refractivity contribution >= 4 is 16.6 Å². The van der Waals surface area contributed by atoms with E-state index in [2.05, 4.69) is 10.3 Å². The number of methoxy groups -OCH3 is 1. The van der Waals surface area contributed by atoms with Crippen LogP contribution in [0.2, 0.25) is 0 Å². The van der Waals surface area contributed by atoms with Gasteiger partial charge in [0.1, 0.15) is 17.2 Å². The lowest BCUT2D eigenvalue weighted by molar-refractivity contribution is 0.415. The van der Waals surface area contributed by atoms with E-state index in [9.17, 15) is 0 Å². The number of nitrogens with one attached hydrogen (secondary N) is 1. The first-order valence-electron chi connectivity index (χ1n) is 6.68. The van der Waals surface area contributed by atoms with Crippen LogP contribution in [0.5, 0.6) is 17.2 Å². The van der Waals surface area contributed by atoms with Gasteiger partial charge in [-0.25, -0.2) is 0 Å². The molecule has 3 aromatic rings. The molecule has 21 heavy (non-hydrogen) atoms. The van der Waals surface area contributed by atoms with Crippen molar-refractivity contribution in [2.45, 2.75) is 0 Å². The van der Waals surface area contributed by atoms with Crippen LogP contribution in [0.25, 0.3) is 10.9 Å². The third-order valence-corrected chi connectivity index (χ3v) is 3.28. The molecular formula is C17H16N2O2. The highest BCUT2D eigenvalue weighted by atomic mass is 16.5. The number of rotatable bonds is 4. The summed E-state index contributed by atoms with van der Waals surface area (Å²) in [7, 11) is 3.53. The number of hydrogen-bond donors (Lipinski definition) is 1. The van der Waals surface area contributed by atoms with Crippen molar-refractivity contribution in [3.05, 3.63) is 54.7 Å². The summed E-state index contributed by atoms with van der Waals surface area (Å²) in [4.78, 5) is 4.35. The number of benzene rings is 2. The van der Waals surface area contributed by atoms with Crippen molar-refractivity contribution in [3.8, 4) is 17.2 Å². The summed E-state index contributed by atoms with van der Waals surface area (Å²) in [6, 6.07) is 15.4. The number of fused-ring (bicyclic) bond motifs is 1. The summed E-state index contributed by atoms with van der Waals surface area (Å²) in [5.74, 6) is 2.35. The average Bonchev–Trinajstić information content (AvgIpc) is 2.55. The largest absolute Gasteiger partial charge is 0.497 e. The normalized spacial score (nSPS) is 10.4. The summed E-state index contributed by atoms with van der Waals surface area (Å²) in [5.41, 5.74) is 1.89. The van der Waals surface area contributed by atoms with E-state index in [1.807, 2.05) is 55.6 Å². The van der Waals surface area contributed by atoms with Crippen molar-refractivity contribution in [1.29, 1.82) is 0 Å². The third-order valence-electron chi connectivity index (χ3n) is 3.28. The molecule has 1 heterocycles. The van der Waals surface area contributed by atoms with E-state index in [0.717, 1.165) is 33.8 Å². The molecule has 0 fully saturated rings. The zero-order valence-corrected chi connectivity index (χ0v) is 12.0. The Bertz CT molecular complexity index is 754. The van der Waals surface area contributed by atoms with Crippen molar-refractivity contribution in [2.24, 2.45) is 0 Å². The van der Waals surface area contributed by atoms with Gasteiger partial charge in [-0.3, -0.25) is 4.98 Å². The lowest BCUT2D eigenvalue weighted by Gasteiger charge is -2.10. The molecule has 0 atom stereocenters. The summed E-state index contributed by atoms with van der Waals surface area (Å²) >= 11 is 0. The molecule has 106 valence electrons. The van der Waals surface area contributed by atoms with Crippen molar-refractivity contribution < 1.29 is 9.47 Å². The van der Waals surface area contributed by atoms with Crippen molar-refractivity contribution in [1.82, 2.24) is 4.98 Å². The Balaban J connectivity index is 1.95. The van der Waals surface area contributed by atoms with Gasteiger partial charge in [0, 0.05) is 30.4 Å². The number of anilines is 1. The van der Waals surface area contributed by atoms with Crippen LogP contribution in [0.3, 0.4) is 0 Å². The maximum absolute atomic E-state index is 5.96. The molecule has 4 nitrogen and oxygen atoms in total. The second-order valence-electron chi connectivity index (χ2n) is 4.57. The number of ether oxygens (including phenoxy) is 2. The van der Waals surface area contributed by atoms with Crippen LogP contribution in [0.1, 0.15) is 0 Å². The maximum atomic E-state index is 5.96. The predicted octanol–water partition coefficient (Wildman–Crippen LogP) is 4.08. The maximum Gasteiger partial charge on any atom is 0.138 e. The third kappa shape index (κ3) is 2.74. The van der Waals surface area contributed by atoms with Gasteiger partial charge in [0.15, 0.2) is 0 Å². The minimum atomic E-state index is 0.778. The Morgan fingerprint density at radius 1 is 0.952 bits per heavy atom. The van der Waals surface area contributed by atoms with E-state index in [-0.39, 0.29) is 0 Å². The summed E-state index contributed by atoms with van der Waals surface area (Å²) in [6.45, 7) is 0. The fourth-order valence-electron chi connectivity index (χ4n) is 2.13. The molecule has 0 aliphatic rings. The second kappa shape index (κ2) is 5.71. The Hall–Kier alpha value is -2.75. The highest BCUT2D eigenvalue weighted by Crippen LogP contribution is 2.31. The molecule has 0 saturated heterocycles. The van der Waals surface area contributed by atoms with Crippen LogP contribution in [-0.4, -0.2) is 19.1 Å². The van der Waals surface area contributed by atoms with Crippen molar-refractivity contribution in [3.63, 3.8) is 0 Å². The molecule has 0 bridgehead atoms. The van der Waals surface area contributed by atoms with Gasteiger partial charge in [-0.15, -0.1) is 0 Å². The summed E-state index contributed by atoms with van der Waals surface area (Å²) in [5, 5.41) is 4.04.